The Morgan fingerprint density at radius 1 is 1.29 bits per heavy atom. The summed E-state index contributed by atoms with van der Waals surface area (Å²) >= 11 is 0. The number of nitrogens with zero attached hydrogens (tertiary/aromatic N) is 1. The van der Waals surface area contributed by atoms with Crippen LogP contribution in [0.15, 0.2) is 24.5 Å². The average molecular weight is 290 g/mol. The number of pyridine rings is 1. The maximum Gasteiger partial charge on any atom is 0.0649 e. The summed E-state index contributed by atoms with van der Waals surface area (Å²) in [5, 5.41) is 10.8. The van der Waals surface area contributed by atoms with E-state index in [9.17, 15) is 5.11 Å². The molecule has 1 aliphatic carbocycles. The average Bonchev–Trinajstić information content (AvgIpc) is 2.48. The molecule has 0 spiro atoms. The van der Waals surface area contributed by atoms with E-state index in [4.69, 9.17) is 5.73 Å². The fourth-order valence-corrected chi connectivity index (χ4v) is 3.72. The number of hydrogen-bond donors (Lipinski definition) is 2. The van der Waals surface area contributed by atoms with Crippen molar-refractivity contribution in [1.82, 2.24) is 4.98 Å². The lowest BCUT2D eigenvalue weighted by molar-refractivity contribution is 0.0372. The quantitative estimate of drug-likeness (QED) is 0.894. The molecular formula is C18H30N2O. The second-order valence-corrected chi connectivity index (χ2v) is 7.60. The van der Waals surface area contributed by atoms with Gasteiger partial charge in [0, 0.05) is 24.9 Å². The molecule has 0 radical (unpaired) electrons. The highest BCUT2D eigenvalue weighted by Crippen LogP contribution is 2.42. The Bertz CT molecular complexity index is 419. The van der Waals surface area contributed by atoms with Crippen molar-refractivity contribution in [2.75, 3.05) is 6.54 Å². The van der Waals surface area contributed by atoms with Gasteiger partial charge in [-0.25, -0.2) is 0 Å². The Kier molecular flexibility index (Phi) is 5.39. The van der Waals surface area contributed by atoms with E-state index in [0.717, 1.165) is 24.3 Å². The Balaban J connectivity index is 1.99. The van der Waals surface area contributed by atoms with Gasteiger partial charge in [-0.15, -0.1) is 0 Å². The topological polar surface area (TPSA) is 59.1 Å². The Morgan fingerprint density at radius 3 is 2.43 bits per heavy atom. The molecule has 0 aromatic carbocycles. The van der Waals surface area contributed by atoms with E-state index < -0.39 is 0 Å². The summed E-state index contributed by atoms with van der Waals surface area (Å²) in [6.45, 7) is 7.46. The summed E-state index contributed by atoms with van der Waals surface area (Å²) in [5.41, 5.74) is 7.36. The minimum atomic E-state index is -0.347. The predicted octanol–water partition coefficient (Wildman–Crippen LogP) is 3.34. The SMILES string of the molecule is CC(C)(C)C1CCC(C(O)C(CN)c2cccnc2)CC1. The molecule has 2 unspecified atom stereocenters. The number of aliphatic hydroxyl groups excluding tert-OH is 1. The lowest BCUT2D eigenvalue weighted by Gasteiger charge is -2.39. The molecule has 1 heterocycles. The standard InChI is InChI=1S/C18H30N2O/c1-18(2,3)15-8-6-13(7-9-15)17(21)16(11-19)14-5-4-10-20-12-14/h4-5,10,12-13,15-17,21H,6-9,11,19H2,1-3H3. The van der Waals surface area contributed by atoms with E-state index in [1.807, 2.05) is 18.3 Å². The van der Waals surface area contributed by atoms with Crippen LogP contribution in [0.25, 0.3) is 0 Å². The van der Waals surface area contributed by atoms with Crippen molar-refractivity contribution in [2.45, 2.75) is 58.5 Å². The highest BCUT2D eigenvalue weighted by atomic mass is 16.3. The largest absolute Gasteiger partial charge is 0.392 e. The van der Waals surface area contributed by atoms with E-state index in [1.165, 1.54) is 12.8 Å². The zero-order valence-electron chi connectivity index (χ0n) is 13.6. The minimum absolute atomic E-state index is 0.00915. The maximum atomic E-state index is 10.8. The van der Waals surface area contributed by atoms with Crippen LogP contribution in [0.5, 0.6) is 0 Å². The van der Waals surface area contributed by atoms with Crippen LogP contribution in [0.4, 0.5) is 0 Å². The van der Waals surface area contributed by atoms with Gasteiger partial charge in [0.25, 0.3) is 0 Å². The maximum absolute atomic E-state index is 10.8. The zero-order valence-corrected chi connectivity index (χ0v) is 13.6. The van der Waals surface area contributed by atoms with Crippen LogP contribution in [-0.4, -0.2) is 22.7 Å². The van der Waals surface area contributed by atoms with Crippen molar-refractivity contribution in [3.63, 3.8) is 0 Å². The van der Waals surface area contributed by atoms with E-state index in [-0.39, 0.29) is 12.0 Å². The normalized spacial score (nSPS) is 26.3. The van der Waals surface area contributed by atoms with Gasteiger partial charge in [0.15, 0.2) is 0 Å². The molecule has 2 atom stereocenters. The van der Waals surface area contributed by atoms with Gasteiger partial charge in [0.1, 0.15) is 0 Å². The Hall–Kier alpha value is -0.930. The molecule has 1 aliphatic rings. The van der Waals surface area contributed by atoms with Crippen molar-refractivity contribution in [1.29, 1.82) is 0 Å². The third kappa shape index (κ3) is 4.04. The smallest absolute Gasteiger partial charge is 0.0649 e. The van der Waals surface area contributed by atoms with Crippen molar-refractivity contribution in [3.8, 4) is 0 Å². The molecule has 1 aromatic heterocycles. The van der Waals surface area contributed by atoms with Gasteiger partial charge in [-0.3, -0.25) is 4.98 Å². The summed E-state index contributed by atoms with van der Waals surface area (Å²) in [7, 11) is 0. The molecule has 118 valence electrons. The predicted molar refractivity (Wildman–Crippen MR) is 86.9 cm³/mol. The molecule has 2 rings (SSSR count). The van der Waals surface area contributed by atoms with Crippen LogP contribution in [0.2, 0.25) is 0 Å². The van der Waals surface area contributed by atoms with Gasteiger partial charge in [0.2, 0.25) is 0 Å². The summed E-state index contributed by atoms with van der Waals surface area (Å²) in [5.74, 6) is 1.16. The summed E-state index contributed by atoms with van der Waals surface area (Å²) in [6, 6.07) is 3.94. The van der Waals surface area contributed by atoms with Crippen LogP contribution < -0.4 is 5.73 Å². The fourth-order valence-electron chi connectivity index (χ4n) is 3.72. The molecular weight excluding hydrogens is 260 g/mol. The molecule has 21 heavy (non-hydrogen) atoms. The van der Waals surface area contributed by atoms with E-state index >= 15 is 0 Å². The first-order chi connectivity index (χ1) is 9.93. The molecule has 3 N–H and O–H groups in total. The Labute approximate surface area is 129 Å². The number of hydrogen-bond acceptors (Lipinski definition) is 3. The highest BCUT2D eigenvalue weighted by molar-refractivity contribution is 5.17. The molecule has 0 bridgehead atoms. The molecule has 1 aromatic rings. The van der Waals surface area contributed by atoms with Crippen molar-refractivity contribution in [2.24, 2.45) is 23.0 Å². The van der Waals surface area contributed by atoms with Gasteiger partial charge in [-0.05, 0) is 54.6 Å². The Morgan fingerprint density at radius 2 is 1.95 bits per heavy atom. The third-order valence-electron chi connectivity index (χ3n) is 5.26. The van der Waals surface area contributed by atoms with Crippen LogP contribution in [0.1, 0.15) is 57.9 Å². The molecule has 3 heteroatoms. The third-order valence-corrected chi connectivity index (χ3v) is 5.26. The summed E-state index contributed by atoms with van der Waals surface area (Å²) in [6.07, 6.45) is 7.91. The minimum Gasteiger partial charge on any atom is -0.392 e. The zero-order chi connectivity index (χ0) is 15.5. The summed E-state index contributed by atoms with van der Waals surface area (Å²) in [4.78, 5) is 4.16. The monoisotopic (exact) mass is 290 g/mol. The van der Waals surface area contributed by atoms with E-state index in [0.29, 0.717) is 17.9 Å². The van der Waals surface area contributed by atoms with Crippen LogP contribution in [0.3, 0.4) is 0 Å². The lowest BCUT2D eigenvalue weighted by Crippen LogP contribution is -2.36. The van der Waals surface area contributed by atoms with Crippen molar-refractivity contribution < 1.29 is 5.11 Å². The number of aliphatic hydroxyl groups is 1. The summed E-state index contributed by atoms with van der Waals surface area (Å²) < 4.78 is 0. The second kappa shape index (κ2) is 6.89. The molecule has 0 amide bonds. The number of rotatable bonds is 4. The van der Waals surface area contributed by atoms with Gasteiger partial charge in [0.05, 0.1) is 6.10 Å². The van der Waals surface area contributed by atoms with Crippen molar-refractivity contribution >= 4 is 0 Å². The fraction of sp³-hybridized carbons (Fsp3) is 0.722. The van der Waals surface area contributed by atoms with Crippen LogP contribution in [-0.2, 0) is 0 Å². The van der Waals surface area contributed by atoms with E-state index in [1.54, 1.807) is 6.20 Å². The number of nitrogens with two attached hydrogens (primary N) is 1. The first-order valence-corrected chi connectivity index (χ1v) is 8.21. The first-order valence-electron chi connectivity index (χ1n) is 8.21. The van der Waals surface area contributed by atoms with Crippen LogP contribution >= 0.6 is 0 Å². The van der Waals surface area contributed by atoms with Gasteiger partial charge < -0.3 is 10.8 Å². The molecule has 1 fully saturated rings. The molecule has 3 nitrogen and oxygen atoms in total. The lowest BCUT2D eigenvalue weighted by atomic mass is 9.67. The molecule has 1 saturated carbocycles. The molecule has 0 saturated heterocycles. The van der Waals surface area contributed by atoms with E-state index in [2.05, 4.69) is 25.8 Å². The van der Waals surface area contributed by atoms with Gasteiger partial charge in [-0.1, -0.05) is 26.8 Å². The number of aromatic nitrogens is 1. The molecule has 0 aliphatic heterocycles. The van der Waals surface area contributed by atoms with Gasteiger partial charge in [-0.2, -0.15) is 0 Å². The van der Waals surface area contributed by atoms with Crippen LogP contribution in [0, 0.1) is 17.3 Å². The highest BCUT2D eigenvalue weighted by Gasteiger charge is 2.35. The second-order valence-electron chi connectivity index (χ2n) is 7.60. The van der Waals surface area contributed by atoms with Gasteiger partial charge >= 0.3 is 0 Å². The first kappa shape index (κ1) is 16.4. The van der Waals surface area contributed by atoms with Crippen molar-refractivity contribution in [3.05, 3.63) is 30.1 Å².